The summed E-state index contributed by atoms with van der Waals surface area (Å²) in [6, 6.07) is 15.2. The van der Waals surface area contributed by atoms with Crippen molar-refractivity contribution in [2.24, 2.45) is 0 Å². The van der Waals surface area contributed by atoms with Crippen LogP contribution >= 0.6 is 11.8 Å². The minimum Gasteiger partial charge on any atom is -0.493 e. The Balaban J connectivity index is 1.82. The number of nitro groups is 1. The molecule has 0 atom stereocenters. The highest BCUT2D eigenvalue weighted by molar-refractivity contribution is 7.99. The molecule has 0 fully saturated rings. The van der Waals surface area contributed by atoms with Crippen LogP contribution in [0.5, 0.6) is 5.75 Å². The van der Waals surface area contributed by atoms with Crippen LogP contribution in [0.25, 0.3) is 0 Å². The molecule has 1 amide bonds. The van der Waals surface area contributed by atoms with Gasteiger partial charge in [0.25, 0.3) is 5.69 Å². The lowest BCUT2D eigenvalue weighted by Gasteiger charge is -2.10. The van der Waals surface area contributed by atoms with E-state index in [1.165, 1.54) is 36.0 Å². The predicted octanol–water partition coefficient (Wildman–Crippen LogP) is 4.01. The fourth-order valence-corrected chi connectivity index (χ4v) is 2.90. The third-order valence-electron chi connectivity index (χ3n) is 3.28. The van der Waals surface area contributed by atoms with E-state index in [1.54, 1.807) is 0 Å². The Morgan fingerprint density at radius 1 is 1.23 bits per heavy atom. The van der Waals surface area contributed by atoms with Gasteiger partial charge in [-0.2, -0.15) is 5.26 Å². The summed E-state index contributed by atoms with van der Waals surface area (Å²) in [5.41, 5.74) is 0.691. The Morgan fingerprint density at radius 3 is 2.65 bits per heavy atom. The molecule has 0 aromatic heterocycles. The Hall–Kier alpha value is -3.05. The highest BCUT2D eigenvalue weighted by Gasteiger charge is 2.08. The average molecular weight is 371 g/mol. The third-order valence-corrected chi connectivity index (χ3v) is 4.35. The second-order valence-corrected chi connectivity index (χ2v) is 6.29. The Labute approximate surface area is 155 Å². The summed E-state index contributed by atoms with van der Waals surface area (Å²) >= 11 is 1.51. The van der Waals surface area contributed by atoms with E-state index in [0.29, 0.717) is 23.6 Å². The molecule has 0 aliphatic carbocycles. The molecular formula is C18H17N3O4S. The molecule has 2 rings (SSSR count). The van der Waals surface area contributed by atoms with Crippen molar-refractivity contribution >= 4 is 29.0 Å². The van der Waals surface area contributed by atoms with Crippen LogP contribution in [-0.2, 0) is 4.79 Å². The number of ether oxygens (including phenoxy) is 1. The standard InChI is InChI=1S/C18H17N3O4S/c19-11-3-13-26-17-5-2-1-4-16(17)20-18(22)10-12-25-15-8-6-14(7-9-15)21(23)24/h1-2,4-9H,3,10,12-13H2,(H,20,22). The molecule has 0 aliphatic heterocycles. The van der Waals surface area contributed by atoms with Crippen molar-refractivity contribution in [3.63, 3.8) is 0 Å². The highest BCUT2D eigenvalue weighted by Crippen LogP contribution is 2.27. The van der Waals surface area contributed by atoms with Gasteiger partial charge in [-0.15, -0.1) is 11.8 Å². The first-order chi connectivity index (χ1) is 12.6. The van der Waals surface area contributed by atoms with Crippen molar-refractivity contribution < 1.29 is 14.5 Å². The van der Waals surface area contributed by atoms with Crippen molar-refractivity contribution in [2.75, 3.05) is 17.7 Å². The van der Waals surface area contributed by atoms with Gasteiger partial charge in [-0.1, -0.05) is 12.1 Å². The van der Waals surface area contributed by atoms with Gasteiger partial charge < -0.3 is 10.1 Å². The van der Waals surface area contributed by atoms with Crippen LogP contribution in [-0.4, -0.2) is 23.2 Å². The zero-order chi connectivity index (χ0) is 18.8. The molecule has 7 nitrogen and oxygen atoms in total. The van der Waals surface area contributed by atoms with Gasteiger partial charge in [0.1, 0.15) is 5.75 Å². The predicted molar refractivity (Wildman–Crippen MR) is 99.2 cm³/mol. The van der Waals surface area contributed by atoms with E-state index >= 15 is 0 Å². The van der Waals surface area contributed by atoms with Crippen molar-refractivity contribution in [3.05, 3.63) is 58.6 Å². The van der Waals surface area contributed by atoms with Crippen molar-refractivity contribution in [3.8, 4) is 11.8 Å². The SMILES string of the molecule is N#CCCSc1ccccc1NC(=O)CCOc1ccc([N+](=O)[O-])cc1. The number of rotatable bonds is 9. The Bertz CT molecular complexity index is 803. The van der Waals surface area contributed by atoms with E-state index in [1.807, 2.05) is 24.3 Å². The number of nitrogens with one attached hydrogen (secondary N) is 1. The second-order valence-electron chi connectivity index (χ2n) is 5.15. The number of thioether (sulfide) groups is 1. The van der Waals surface area contributed by atoms with E-state index in [9.17, 15) is 14.9 Å². The van der Waals surface area contributed by atoms with Gasteiger partial charge in [-0.05, 0) is 24.3 Å². The van der Waals surface area contributed by atoms with E-state index in [-0.39, 0.29) is 24.6 Å². The zero-order valence-electron chi connectivity index (χ0n) is 13.9. The van der Waals surface area contributed by atoms with Crippen LogP contribution in [0.2, 0.25) is 0 Å². The van der Waals surface area contributed by atoms with Gasteiger partial charge >= 0.3 is 0 Å². The summed E-state index contributed by atoms with van der Waals surface area (Å²) < 4.78 is 5.43. The summed E-state index contributed by atoms with van der Waals surface area (Å²) in [6.07, 6.45) is 0.588. The number of nitriles is 1. The minimum atomic E-state index is -0.483. The molecule has 1 N–H and O–H groups in total. The topological polar surface area (TPSA) is 105 Å². The van der Waals surface area contributed by atoms with E-state index < -0.39 is 4.92 Å². The number of nitrogens with zero attached hydrogens (tertiary/aromatic N) is 2. The largest absolute Gasteiger partial charge is 0.493 e. The highest BCUT2D eigenvalue weighted by atomic mass is 32.2. The first-order valence-electron chi connectivity index (χ1n) is 7.86. The van der Waals surface area contributed by atoms with Crippen LogP contribution in [0.1, 0.15) is 12.8 Å². The van der Waals surface area contributed by atoms with Gasteiger partial charge in [-0.25, -0.2) is 0 Å². The lowest BCUT2D eigenvalue weighted by Crippen LogP contribution is -2.15. The monoisotopic (exact) mass is 371 g/mol. The van der Waals surface area contributed by atoms with Gasteiger partial charge in [0.15, 0.2) is 0 Å². The van der Waals surface area contributed by atoms with Crippen molar-refractivity contribution in [1.29, 1.82) is 5.26 Å². The fraction of sp³-hybridized carbons (Fsp3) is 0.222. The average Bonchev–Trinajstić information content (AvgIpc) is 2.64. The minimum absolute atomic E-state index is 0.0133. The summed E-state index contributed by atoms with van der Waals surface area (Å²) in [5, 5.41) is 22.0. The van der Waals surface area contributed by atoms with E-state index in [2.05, 4.69) is 11.4 Å². The molecule has 0 spiro atoms. The quantitative estimate of drug-likeness (QED) is 0.309. The molecule has 0 saturated carbocycles. The molecule has 0 bridgehead atoms. The Kier molecular flexibility index (Phi) is 7.46. The maximum Gasteiger partial charge on any atom is 0.269 e. The molecule has 0 saturated heterocycles. The van der Waals surface area contributed by atoms with Crippen molar-refractivity contribution in [1.82, 2.24) is 0 Å². The number of para-hydroxylation sites is 1. The molecule has 2 aromatic rings. The Morgan fingerprint density at radius 2 is 1.96 bits per heavy atom. The van der Waals surface area contributed by atoms with E-state index in [0.717, 1.165) is 4.90 Å². The lowest BCUT2D eigenvalue weighted by atomic mass is 10.3. The number of amides is 1. The first-order valence-corrected chi connectivity index (χ1v) is 8.84. The third kappa shape index (κ3) is 6.11. The number of carbonyl (C=O) groups is 1. The summed E-state index contributed by atoms with van der Waals surface area (Å²) in [6.45, 7) is 0.160. The summed E-state index contributed by atoms with van der Waals surface area (Å²) in [7, 11) is 0. The zero-order valence-corrected chi connectivity index (χ0v) is 14.7. The number of carbonyl (C=O) groups excluding carboxylic acids is 1. The van der Waals surface area contributed by atoms with Crippen molar-refractivity contribution in [2.45, 2.75) is 17.7 Å². The number of hydrogen-bond donors (Lipinski definition) is 1. The number of anilines is 1. The normalized spacial score (nSPS) is 9.96. The van der Waals surface area contributed by atoms with Gasteiger partial charge in [0.05, 0.1) is 29.7 Å². The number of non-ortho nitro benzene ring substituents is 1. The first kappa shape index (κ1) is 19.3. The molecule has 134 valence electrons. The molecule has 0 heterocycles. The fourth-order valence-electron chi connectivity index (χ4n) is 2.04. The number of benzene rings is 2. The number of hydrogen-bond acceptors (Lipinski definition) is 6. The lowest BCUT2D eigenvalue weighted by molar-refractivity contribution is -0.384. The van der Waals surface area contributed by atoms with Crippen LogP contribution < -0.4 is 10.1 Å². The van der Waals surface area contributed by atoms with E-state index in [4.69, 9.17) is 10.00 Å². The maximum absolute atomic E-state index is 12.1. The molecule has 0 aliphatic rings. The van der Waals surface area contributed by atoms with Crippen LogP contribution in [0.3, 0.4) is 0 Å². The molecule has 26 heavy (non-hydrogen) atoms. The molecule has 2 aromatic carbocycles. The molecule has 0 unspecified atom stereocenters. The van der Waals surface area contributed by atoms with Gasteiger partial charge in [0, 0.05) is 29.2 Å². The second kappa shape index (κ2) is 10.1. The smallest absolute Gasteiger partial charge is 0.269 e. The number of nitro benzene ring substituents is 1. The van der Waals surface area contributed by atoms with Crippen LogP contribution in [0.15, 0.2) is 53.4 Å². The molecule has 0 radical (unpaired) electrons. The van der Waals surface area contributed by atoms with Gasteiger partial charge in [0.2, 0.25) is 5.91 Å². The van der Waals surface area contributed by atoms with Gasteiger partial charge in [-0.3, -0.25) is 14.9 Å². The molecule has 8 heteroatoms. The summed E-state index contributed by atoms with van der Waals surface area (Å²) in [4.78, 5) is 23.1. The van der Waals surface area contributed by atoms with Crippen LogP contribution in [0, 0.1) is 21.4 Å². The maximum atomic E-state index is 12.1. The van der Waals surface area contributed by atoms with Crippen LogP contribution in [0.4, 0.5) is 11.4 Å². The molecular weight excluding hydrogens is 354 g/mol. The summed E-state index contributed by atoms with van der Waals surface area (Å²) in [5.74, 6) is 0.934.